The second kappa shape index (κ2) is 11.7. The van der Waals surface area contributed by atoms with Crippen molar-refractivity contribution in [3.63, 3.8) is 0 Å². The number of anilines is 3. The number of carbonyl (C=O) groups is 2. The van der Waals surface area contributed by atoms with Crippen molar-refractivity contribution in [2.75, 3.05) is 36.0 Å². The number of benzene rings is 3. The maximum absolute atomic E-state index is 13.1. The number of hydrogen-bond acceptors (Lipinski definition) is 4. The average Bonchev–Trinajstić information content (AvgIpc) is 3.28. The number of nitrogens with zero attached hydrogens (tertiary/aromatic N) is 1. The molecular weight excluding hydrogens is 517 g/mol. The van der Waals surface area contributed by atoms with Gasteiger partial charge in [-0.05, 0) is 53.6 Å². The van der Waals surface area contributed by atoms with Gasteiger partial charge >= 0.3 is 6.18 Å². The second-order valence-electron chi connectivity index (χ2n) is 9.09. The molecule has 0 saturated carbocycles. The quantitative estimate of drug-likeness (QED) is 0.260. The first-order chi connectivity index (χ1) is 18.1. The van der Waals surface area contributed by atoms with Gasteiger partial charge in [0.25, 0.3) is 0 Å². The van der Waals surface area contributed by atoms with Crippen molar-refractivity contribution in [1.82, 2.24) is 4.90 Å². The topological polar surface area (TPSA) is 87.5 Å². The van der Waals surface area contributed by atoms with Gasteiger partial charge in [0.1, 0.15) is 0 Å². The summed E-state index contributed by atoms with van der Waals surface area (Å²) in [6.07, 6.45) is -1.39. The van der Waals surface area contributed by atoms with E-state index in [0.717, 1.165) is 11.1 Å². The molecule has 0 unspecified atom stereocenters. The van der Waals surface area contributed by atoms with Crippen molar-refractivity contribution in [2.24, 2.45) is 5.92 Å². The van der Waals surface area contributed by atoms with E-state index >= 15 is 0 Å². The minimum atomic E-state index is -4.37. The van der Waals surface area contributed by atoms with Gasteiger partial charge in [0, 0.05) is 35.8 Å². The molecule has 4 rings (SSSR count). The standard InChI is InChI=1S/C28H26ClF3N4O2/c29-20-10-12-21(13-11-20)34-27(38)23-16-36(17-28(30,31)32)15-22(23)19-8-5-18(6-9-19)7-14-26(37)35-25-4-2-1-3-24(25)33/h1-14,22-23H,15-17,33H2,(H,34,38)(H,35,37)/b14-7+/t22-,23+/m1/s1. The van der Waals surface area contributed by atoms with E-state index < -0.39 is 24.6 Å². The molecule has 0 spiro atoms. The van der Waals surface area contributed by atoms with Crippen LogP contribution in [0.3, 0.4) is 0 Å². The van der Waals surface area contributed by atoms with E-state index in [1.54, 1.807) is 78.9 Å². The third kappa shape index (κ3) is 7.36. The van der Waals surface area contributed by atoms with Crippen LogP contribution in [0.1, 0.15) is 17.0 Å². The Morgan fingerprint density at radius 1 is 0.974 bits per heavy atom. The number of para-hydroxylation sites is 2. The molecule has 3 aromatic carbocycles. The summed E-state index contributed by atoms with van der Waals surface area (Å²) in [5, 5.41) is 6.00. The zero-order valence-electron chi connectivity index (χ0n) is 20.2. The maximum Gasteiger partial charge on any atom is 0.401 e. The summed E-state index contributed by atoms with van der Waals surface area (Å²) in [6.45, 7) is -1.02. The van der Waals surface area contributed by atoms with E-state index in [0.29, 0.717) is 22.1 Å². The Morgan fingerprint density at radius 2 is 1.66 bits per heavy atom. The lowest BCUT2D eigenvalue weighted by Crippen LogP contribution is -2.34. The molecule has 0 bridgehead atoms. The maximum atomic E-state index is 13.1. The lowest BCUT2D eigenvalue weighted by atomic mass is 9.88. The smallest absolute Gasteiger partial charge is 0.397 e. The monoisotopic (exact) mass is 542 g/mol. The predicted octanol–water partition coefficient (Wildman–Crippen LogP) is 5.79. The average molecular weight is 543 g/mol. The first kappa shape index (κ1) is 27.2. The predicted molar refractivity (Wildman–Crippen MR) is 144 cm³/mol. The number of nitrogens with one attached hydrogen (secondary N) is 2. The lowest BCUT2D eigenvalue weighted by molar-refractivity contribution is -0.144. The highest BCUT2D eigenvalue weighted by Gasteiger charge is 2.42. The van der Waals surface area contributed by atoms with Crippen LogP contribution < -0.4 is 16.4 Å². The van der Waals surface area contributed by atoms with E-state index in [4.69, 9.17) is 17.3 Å². The molecular formula is C28H26ClF3N4O2. The van der Waals surface area contributed by atoms with Gasteiger partial charge in [-0.25, -0.2) is 0 Å². The highest BCUT2D eigenvalue weighted by molar-refractivity contribution is 6.30. The summed E-state index contributed by atoms with van der Waals surface area (Å²) in [7, 11) is 0. The highest BCUT2D eigenvalue weighted by atomic mass is 35.5. The summed E-state index contributed by atoms with van der Waals surface area (Å²) in [5.74, 6) is -1.84. The Labute approximate surface area is 223 Å². The molecule has 1 saturated heterocycles. The number of nitrogens with two attached hydrogens (primary N) is 1. The zero-order chi connectivity index (χ0) is 27.3. The number of rotatable bonds is 7. The van der Waals surface area contributed by atoms with E-state index in [2.05, 4.69) is 10.6 Å². The van der Waals surface area contributed by atoms with Crippen LogP contribution >= 0.6 is 11.6 Å². The molecule has 38 heavy (non-hydrogen) atoms. The molecule has 1 heterocycles. The van der Waals surface area contributed by atoms with Crippen molar-refractivity contribution in [2.45, 2.75) is 12.1 Å². The van der Waals surface area contributed by atoms with E-state index in [-0.39, 0.29) is 24.9 Å². The highest BCUT2D eigenvalue weighted by Crippen LogP contribution is 2.35. The van der Waals surface area contributed by atoms with Gasteiger partial charge in [-0.2, -0.15) is 13.2 Å². The van der Waals surface area contributed by atoms with Crippen LogP contribution in [-0.4, -0.2) is 42.5 Å². The third-order valence-corrected chi connectivity index (χ3v) is 6.51. The SMILES string of the molecule is Nc1ccccc1NC(=O)/C=C/c1ccc([C@H]2CN(CC(F)(F)F)C[C@@H]2C(=O)Nc2ccc(Cl)cc2)cc1. The van der Waals surface area contributed by atoms with Crippen LogP contribution in [0, 0.1) is 5.92 Å². The molecule has 2 amide bonds. The minimum Gasteiger partial charge on any atom is -0.397 e. The minimum absolute atomic E-state index is 0.0198. The second-order valence-corrected chi connectivity index (χ2v) is 9.53. The molecule has 1 fully saturated rings. The Hall–Kier alpha value is -3.82. The molecule has 1 aliphatic rings. The van der Waals surface area contributed by atoms with Gasteiger partial charge in [-0.3, -0.25) is 14.5 Å². The first-order valence-corrected chi connectivity index (χ1v) is 12.2. The summed E-state index contributed by atoms with van der Waals surface area (Å²) in [5.41, 5.74) is 8.77. The van der Waals surface area contributed by atoms with Crippen LogP contribution in [0.15, 0.2) is 78.9 Å². The van der Waals surface area contributed by atoms with Crippen molar-refractivity contribution in [1.29, 1.82) is 0 Å². The van der Waals surface area contributed by atoms with Crippen molar-refractivity contribution >= 4 is 46.6 Å². The van der Waals surface area contributed by atoms with E-state index in [9.17, 15) is 22.8 Å². The number of hydrogen-bond donors (Lipinski definition) is 3. The van der Waals surface area contributed by atoms with Crippen LogP contribution in [0.2, 0.25) is 5.02 Å². The van der Waals surface area contributed by atoms with Gasteiger partial charge in [0.05, 0.1) is 23.8 Å². The Morgan fingerprint density at radius 3 is 2.32 bits per heavy atom. The number of amides is 2. The number of halogens is 4. The fourth-order valence-electron chi connectivity index (χ4n) is 4.45. The molecule has 3 aromatic rings. The molecule has 0 radical (unpaired) electrons. The van der Waals surface area contributed by atoms with Crippen LogP contribution in [-0.2, 0) is 9.59 Å². The molecule has 198 valence electrons. The normalized spacial score (nSPS) is 18.0. The fraction of sp³-hybridized carbons (Fsp3) is 0.214. The van der Waals surface area contributed by atoms with Crippen molar-refractivity contribution in [3.05, 3.63) is 95.0 Å². The molecule has 1 aliphatic heterocycles. The molecule has 0 aromatic heterocycles. The largest absolute Gasteiger partial charge is 0.401 e. The Kier molecular flexibility index (Phi) is 8.38. The lowest BCUT2D eigenvalue weighted by Gasteiger charge is -2.19. The van der Waals surface area contributed by atoms with Crippen LogP contribution in [0.25, 0.3) is 6.08 Å². The van der Waals surface area contributed by atoms with E-state index in [1.165, 1.54) is 11.0 Å². The molecule has 0 aliphatic carbocycles. The van der Waals surface area contributed by atoms with Crippen LogP contribution in [0.5, 0.6) is 0 Å². The van der Waals surface area contributed by atoms with Gasteiger partial charge in [-0.15, -0.1) is 0 Å². The molecule has 10 heteroatoms. The zero-order valence-corrected chi connectivity index (χ0v) is 21.0. The van der Waals surface area contributed by atoms with Gasteiger partial charge < -0.3 is 16.4 Å². The Balaban J connectivity index is 1.46. The van der Waals surface area contributed by atoms with E-state index in [1.807, 2.05) is 0 Å². The summed E-state index contributed by atoms with van der Waals surface area (Å²) in [6, 6.07) is 20.5. The van der Waals surface area contributed by atoms with Crippen LogP contribution in [0.4, 0.5) is 30.2 Å². The Bertz CT molecular complexity index is 1310. The number of carbonyl (C=O) groups excluding carboxylic acids is 2. The van der Waals surface area contributed by atoms with Crippen molar-refractivity contribution < 1.29 is 22.8 Å². The van der Waals surface area contributed by atoms with Gasteiger partial charge in [0.15, 0.2) is 0 Å². The summed E-state index contributed by atoms with van der Waals surface area (Å²) < 4.78 is 39.3. The van der Waals surface area contributed by atoms with Gasteiger partial charge in [0.2, 0.25) is 11.8 Å². The number of nitrogen functional groups attached to an aromatic ring is 1. The number of alkyl halides is 3. The third-order valence-electron chi connectivity index (χ3n) is 6.26. The summed E-state index contributed by atoms with van der Waals surface area (Å²) in [4.78, 5) is 26.6. The molecule has 4 N–H and O–H groups in total. The molecule has 2 atom stereocenters. The number of likely N-dealkylation sites (tertiary alicyclic amines) is 1. The fourth-order valence-corrected chi connectivity index (χ4v) is 4.58. The van der Waals surface area contributed by atoms with Crippen molar-refractivity contribution in [3.8, 4) is 0 Å². The first-order valence-electron chi connectivity index (χ1n) is 11.9. The molecule has 6 nitrogen and oxygen atoms in total. The van der Waals surface area contributed by atoms with Gasteiger partial charge in [-0.1, -0.05) is 48.0 Å². The summed E-state index contributed by atoms with van der Waals surface area (Å²) >= 11 is 5.90.